The lowest BCUT2D eigenvalue weighted by Gasteiger charge is -2.02. The molecule has 17 heavy (non-hydrogen) atoms. The number of hydrogen-bond acceptors (Lipinski definition) is 3. The summed E-state index contributed by atoms with van der Waals surface area (Å²) < 4.78 is 26.5. The van der Waals surface area contributed by atoms with Crippen LogP contribution >= 0.6 is 27.3 Å². The molecule has 1 aromatic carbocycles. The van der Waals surface area contributed by atoms with Gasteiger partial charge in [-0.25, -0.2) is 13.8 Å². The fourth-order valence-corrected chi connectivity index (χ4v) is 2.88. The summed E-state index contributed by atoms with van der Waals surface area (Å²) >= 11 is 4.45. The van der Waals surface area contributed by atoms with E-state index in [4.69, 9.17) is 0 Å². The van der Waals surface area contributed by atoms with E-state index in [9.17, 15) is 8.78 Å². The third-order valence-corrected chi connectivity index (χ3v) is 3.87. The van der Waals surface area contributed by atoms with Crippen LogP contribution in [-0.2, 0) is 6.54 Å². The highest BCUT2D eigenvalue weighted by atomic mass is 79.9. The van der Waals surface area contributed by atoms with Crippen molar-refractivity contribution in [3.63, 3.8) is 0 Å². The van der Waals surface area contributed by atoms with Gasteiger partial charge in [0.15, 0.2) is 11.6 Å². The van der Waals surface area contributed by atoms with Crippen LogP contribution in [0.15, 0.2) is 22.0 Å². The second-order valence-corrected chi connectivity index (χ2v) is 5.05. The lowest BCUT2D eigenvalue weighted by Crippen LogP contribution is -2.04. The maximum Gasteiger partial charge on any atom is 0.173 e. The molecule has 0 spiro atoms. The Bertz CT molecular complexity index is 542. The molecule has 0 aliphatic rings. The van der Waals surface area contributed by atoms with Crippen molar-refractivity contribution in [2.45, 2.75) is 6.54 Å². The van der Waals surface area contributed by atoms with Gasteiger partial charge in [0, 0.05) is 17.5 Å². The Kier molecular flexibility index (Phi) is 3.86. The molecule has 0 atom stereocenters. The van der Waals surface area contributed by atoms with Crippen LogP contribution in [0.1, 0.15) is 5.69 Å². The zero-order chi connectivity index (χ0) is 12.4. The van der Waals surface area contributed by atoms with Crippen LogP contribution in [0.3, 0.4) is 0 Å². The molecule has 1 heterocycles. The normalized spacial score (nSPS) is 10.8. The zero-order valence-electron chi connectivity index (χ0n) is 8.93. The summed E-state index contributed by atoms with van der Waals surface area (Å²) in [6.45, 7) is 0.651. The Labute approximate surface area is 110 Å². The molecular formula is C11H9BrF2N2S. The smallest absolute Gasteiger partial charge is 0.173 e. The van der Waals surface area contributed by atoms with Gasteiger partial charge in [-0.3, -0.25) is 0 Å². The van der Waals surface area contributed by atoms with E-state index in [0.29, 0.717) is 17.1 Å². The monoisotopic (exact) mass is 318 g/mol. The van der Waals surface area contributed by atoms with Gasteiger partial charge in [-0.15, -0.1) is 11.3 Å². The van der Waals surface area contributed by atoms with Gasteiger partial charge < -0.3 is 5.32 Å². The van der Waals surface area contributed by atoms with Crippen LogP contribution in [0.2, 0.25) is 0 Å². The van der Waals surface area contributed by atoms with Crippen molar-refractivity contribution in [1.29, 1.82) is 0 Å². The van der Waals surface area contributed by atoms with E-state index >= 15 is 0 Å². The molecule has 0 saturated heterocycles. The molecule has 0 fully saturated rings. The maximum absolute atomic E-state index is 13.4. The molecule has 0 amide bonds. The van der Waals surface area contributed by atoms with Gasteiger partial charge >= 0.3 is 0 Å². The predicted molar refractivity (Wildman–Crippen MR) is 67.9 cm³/mol. The molecule has 0 aliphatic carbocycles. The standard InChI is InChI=1S/C11H9BrF2N2S/c1-15-4-6-5-17-11(16-6)7-2-3-8(13)10(14)9(7)12/h2-3,5,15H,4H2,1H3. The van der Waals surface area contributed by atoms with Crippen molar-refractivity contribution in [2.24, 2.45) is 0 Å². The minimum Gasteiger partial charge on any atom is -0.314 e. The summed E-state index contributed by atoms with van der Waals surface area (Å²) in [5.41, 5.74) is 1.44. The van der Waals surface area contributed by atoms with Gasteiger partial charge in [0.25, 0.3) is 0 Å². The highest BCUT2D eigenvalue weighted by molar-refractivity contribution is 9.10. The maximum atomic E-state index is 13.4. The molecule has 0 aliphatic heterocycles. The van der Waals surface area contributed by atoms with Gasteiger partial charge in [-0.1, -0.05) is 0 Å². The Morgan fingerprint density at radius 2 is 2.18 bits per heavy atom. The average molecular weight is 319 g/mol. The molecule has 0 radical (unpaired) electrons. The molecule has 2 rings (SSSR count). The molecule has 1 N–H and O–H groups in total. The summed E-state index contributed by atoms with van der Waals surface area (Å²) in [4.78, 5) is 4.34. The van der Waals surface area contributed by atoms with Crippen molar-refractivity contribution in [1.82, 2.24) is 10.3 Å². The first-order chi connectivity index (χ1) is 8.13. The van der Waals surface area contributed by atoms with E-state index in [2.05, 4.69) is 26.2 Å². The third-order valence-electron chi connectivity index (χ3n) is 2.18. The van der Waals surface area contributed by atoms with Gasteiger partial charge in [0.05, 0.1) is 10.2 Å². The van der Waals surface area contributed by atoms with E-state index in [0.717, 1.165) is 11.8 Å². The van der Waals surface area contributed by atoms with Crippen LogP contribution in [0, 0.1) is 11.6 Å². The largest absolute Gasteiger partial charge is 0.314 e. The molecule has 90 valence electrons. The van der Waals surface area contributed by atoms with Crippen molar-refractivity contribution in [3.05, 3.63) is 39.3 Å². The van der Waals surface area contributed by atoms with Crippen molar-refractivity contribution in [3.8, 4) is 10.6 Å². The number of nitrogens with one attached hydrogen (secondary N) is 1. The summed E-state index contributed by atoms with van der Waals surface area (Å²) in [5, 5.41) is 5.54. The topological polar surface area (TPSA) is 24.9 Å². The number of aromatic nitrogens is 1. The number of nitrogens with zero attached hydrogens (tertiary/aromatic N) is 1. The van der Waals surface area contributed by atoms with E-state index in [-0.39, 0.29) is 4.47 Å². The highest BCUT2D eigenvalue weighted by Gasteiger charge is 2.14. The number of thiazole rings is 1. The molecule has 6 heteroatoms. The molecule has 0 saturated carbocycles. The zero-order valence-corrected chi connectivity index (χ0v) is 11.3. The Hall–Kier alpha value is -0.850. The van der Waals surface area contributed by atoms with Crippen LogP contribution in [0.25, 0.3) is 10.6 Å². The quantitative estimate of drug-likeness (QED) is 0.875. The Morgan fingerprint density at radius 1 is 1.41 bits per heavy atom. The summed E-state index contributed by atoms with van der Waals surface area (Å²) in [5.74, 6) is -1.75. The molecule has 2 nitrogen and oxygen atoms in total. The first-order valence-electron chi connectivity index (χ1n) is 4.86. The first kappa shape index (κ1) is 12.6. The van der Waals surface area contributed by atoms with Crippen LogP contribution < -0.4 is 5.32 Å². The van der Waals surface area contributed by atoms with Crippen LogP contribution in [0.5, 0.6) is 0 Å². The van der Waals surface area contributed by atoms with E-state index in [1.807, 2.05) is 12.4 Å². The van der Waals surface area contributed by atoms with Crippen molar-refractivity contribution >= 4 is 27.3 Å². The van der Waals surface area contributed by atoms with Gasteiger partial charge in [0.2, 0.25) is 0 Å². The van der Waals surface area contributed by atoms with E-state index in [1.165, 1.54) is 17.4 Å². The van der Waals surface area contributed by atoms with Gasteiger partial charge in [-0.05, 0) is 35.1 Å². The summed E-state index contributed by atoms with van der Waals surface area (Å²) in [6, 6.07) is 2.62. The second-order valence-electron chi connectivity index (χ2n) is 3.40. The van der Waals surface area contributed by atoms with Crippen molar-refractivity contribution < 1.29 is 8.78 Å². The Balaban J connectivity index is 2.42. The van der Waals surface area contributed by atoms with Crippen LogP contribution in [-0.4, -0.2) is 12.0 Å². The average Bonchev–Trinajstić information content (AvgIpc) is 2.75. The fourth-order valence-electron chi connectivity index (χ4n) is 1.38. The molecule has 1 aromatic heterocycles. The summed E-state index contributed by atoms with van der Waals surface area (Å²) in [6.07, 6.45) is 0. The molecular weight excluding hydrogens is 310 g/mol. The number of halogens is 3. The lowest BCUT2D eigenvalue weighted by molar-refractivity contribution is 0.505. The molecule has 2 aromatic rings. The van der Waals surface area contributed by atoms with Gasteiger partial charge in [-0.2, -0.15) is 0 Å². The Morgan fingerprint density at radius 3 is 2.88 bits per heavy atom. The third kappa shape index (κ3) is 2.53. The van der Waals surface area contributed by atoms with E-state index in [1.54, 1.807) is 0 Å². The minimum absolute atomic E-state index is 0.114. The molecule has 0 bridgehead atoms. The predicted octanol–water partition coefficient (Wildman–Crippen LogP) is 3.57. The lowest BCUT2D eigenvalue weighted by atomic mass is 10.2. The highest BCUT2D eigenvalue weighted by Crippen LogP contribution is 2.33. The van der Waals surface area contributed by atoms with Crippen LogP contribution in [0.4, 0.5) is 8.78 Å². The van der Waals surface area contributed by atoms with Gasteiger partial charge in [0.1, 0.15) is 5.01 Å². The fraction of sp³-hybridized carbons (Fsp3) is 0.182. The molecule has 0 unspecified atom stereocenters. The number of benzene rings is 1. The van der Waals surface area contributed by atoms with Crippen molar-refractivity contribution in [2.75, 3.05) is 7.05 Å². The number of hydrogen-bond donors (Lipinski definition) is 1. The minimum atomic E-state index is -0.882. The summed E-state index contributed by atoms with van der Waals surface area (Å²) in [7, 11) is 1.83. The number of rotatable bonds is 3. The first-order valence-corrected chi connectivity index (χ1v) is 6.53. The second kappa shape index (κ2) is 5.20. The van der Waals surface area contributed by atoms with E-state index < -0.39 is 11.6 Å². The SMILES string of the molecule is CNCc1csc(-c2ccc(F)c(F)c2Br)n1.